The van der Waals surface area contributed by atoms with Gasteiger partial charge in [-0.05, 0) is 106 Å². The van der Waals surface area contributed by atoms with Gasteiger partial charge in [0.1, 0.15) is 11.9 Å². The summed E-state index contributed by atoms with van der Waals surface area (Å²) in [6.45, 7) is 7.83. The van der Waals surface area contributed by atoms with E-state index in [0.717, 1.165) is 37.1 Å². The van der Waals surface area contributed by atoms with Crippen LogP contribution in [0.25, 0.3) is 0 Å². The Bertz CT molecular complexity index is 1720. The lowest BCUT2D eigenvalue weighted by Crippen LogP contribution is -2.54. The zero-order chi connectivity index (χ0) is 34.6. The molecule has 9 nitrogen and oxygen atoms in total. The number of alkyl halides is 1. The molecule has 2 aromatic rings. The lowest BCUT2D eigenvalue weighted by Gasteiger charge is -2.46. The minimum atomic E-state index is -4.18. The quantitative estimate of drug-likeness (QED) is 0.445. The van der Waals surface area contributed by atoms with Gasteiger partial charge in [0.25, 0.3) is 15.9 Å². The molecule has 1 saturated heterocycles. The van der Waals surface area contributed by atoms with E-state index in [0.29, 0.717) is 69.8 Å². The topological polar surface area (TPSA) is 91.4 Å². The normalized spacial score (nSPS) is 30.3. The first-order valence-electron chi connectivity index (χ1n) is 17.6. The van der Waals surface area contributed by atoms with Crippen molar-refractivity contribution in [1.29, 1.82) is 0 Å². The van der Waals surface area contributed by atoms with Crippen LogP contribution < -0.4 is 14.4 Å². The van der Waals surface area contributed by atoms with Crippen molar-refractivity contribution in [2.75, 3.05) is 64.4 Å². The van der Waals surface area contributed by atoms with Crippen LogP contribution in [-0.2, 0) is 31.4 Å². The van der Waals surface area contributed by atoms with E-state index in [1.807, 2.05) is 24.1 Å². The molecule has 12 heteroatoms. The van der Waals surface area contributed by atoms with E-state index in [1.165, 1.54) is 17.2 Å². The van der Waals surface area contributed by atoms with Crippen LogP contribution in [-0.4, -0.2) is 101 Å². The van der Waals surface area contributed by atoms with E-state index >= 15 is 0 Å². The minimum Gasteiger partial charge on any atom is -0.490 e. The van der Waals surface area contributed by atoms with Crippen molar-refractivity contribution in [1.82, 2.24) is 14.5 Å². The lowest BCUT2D eigenvalue weighted by molar-refractivity contribution is -0.128. The second kappa shape index (κ2) is 13.5. The number of amides is 1. The molecule has 0 unspecified atom stereocenters. The molecule has 7 rings (SSSR count). The van der Waals surface area contributed by atoms with Crippen molar-refractivity contribution in [3.05, 3.63) is 64.7 Å². The average Bonchev–Trinajstić information content (AvgIpc) is 3.18. The molecular weight excluding hydrogens is 667 g/mol. The number of likely N-dealkylation sites (N-methyl/N-ethyl adjacent to an activating group) is 1. The average molecular weight is 715 g/mol. The zero-order valence-corrected chi connectivity index (χ0v) is 30.2. The van der Waals surface area contributed by atoms with Gasteiger partial charge in [0.05, 0.1) is 35.4 Å². The molecule has 1 spiro atoms. The predicted octanol–water partition coefficient (Wildman–Crippen LogP) is 4.96. The number of aryl methyl sites for hydroxylation is 1. The summed E-state index contributed by atoms with van der Waals surface area (Å²) in [5.41, 5.74) is 1.77. The van der Waals surface area contributed by atoms with Crippen molar-refractivity contribution in [3.8, 4) is 5.75 Å². The maximum Gasteiger partial charge on any atom is 0.264 e. The number of likely N-dealkylation sites (tertiary alicyclic amines) is 1. The van der Waals surface area contributed by atoms with Gasteiger partial charge in [0.15, 0.2) is 0 Å². The van der Waals surface area contributed by atoms with Crippen LogP contribution in [0.4, 0.5) is 10.1 Å². The molecule has 4 atom stereocenters. The first kappa shape index (κ1) is 34.7. The van der Waals surface area contributed by atoms with E-state index in [1.54, 1.807) is 26.0 Å². The van der Waals surface area contributed by atoms with Crippen molar-refractivity contribution in [3.63, 3.8) is 0 Å². The van der Waals surface area contributed by atoms with E-state index in [2.05, 4.69) is 32.7 Å². The second-order valence-corrected chi connectivity index (χ2v) is 17.3. The van der Waals surface area contributed by atoms with Crippen LogP contribution in [0.2, 0.25) is 5.02 Å². The fourth-order valence-electron chi connectivity index (χ4n) is 8.19. The van der Waals surface area contributed by atoms with Gasteiger partial charge in [-0.25, -0.2) is 17.5 Å². The third-order valence-electron chi connectivity index (χ3n) is 11.7. The number of anilines is 1. The summed E-state index contributed by atoms with van der Waals surface area (Å²) in [6.07, 6.45) is 8.19. The third kappa shape index (κ3) is 6.86. The van der Waals surface area contributed by atoms with Gasteiger partial charge in [-0.3, -0.25) is 14.6 Å². The third-order valence-corrected chi connectivity index (χ3v) is 13.3. The summed E-state index contributed by atoms with van der Waals surface area (Å²) in [4.78, 5) is 19.8. The van der Waals surface area contributed by atoms with E-state index in [9.17, 15) is 17.6 Å². The number of fused-ring (bicyclic) bond motifs is 4. The van der Waals surface area contributed by atoms with Crippen LogP contribution >= 0.6 is 11.6 Å². The van der Waals surface area contributed by atoms with Crippen LogP contribution in [0.15, 0.2) is 53.4 Å². The predicted molar refractivity (Wildman–Crippen MR) is 189 cm³/mol. The zero-order valence-electron chi connectivity index (χ0n) is 28.7. The molecule has 2 fully saturated rings. The molecule has 266 valence electrons. The van der Waals surface area contributed by atoms with Crippen LogP contribution in [0, 0.1) is 11.8 Å². The highest BCUT2D eigenvalue weighted by Crippen LogP contribution is 2.47. The van der Waals surface area contributed by atoms with Gasteiger partial charge in [0, 0.05) is 49.7 Å². The highest BCUT2D eigenvalue weighted by molar-refractivity contribution is 7.90. The van der Waals surface area contributed by atoms with Gasteiger partial charge in [-0.2, -0.15) is 0 Å². The summed E-state index contributed by atoms with van der Waals surface area (Å²) < 4.78 is 56.5. The Balaban J connectivity index is 1.26. The summed E-state index contributed by atoms with van der Waals surface area (Å²) in [6, 6.07) is 11.1. The van der Waals surface area contributed by atoms with Gasteiger partial charge in [-0.1, -0.05) is 29.8 Å². The van der Waals surface area contributed by atoms with Crippen molar-refractivity contribution in [2.24, 2.45) is 11.8 Å². The van der Waals surface area contributed by atoms with Crippen molar-refractivity contribution in [2.45, 2.75) is 74.1 Å². The first-order chi connectivity index (χ1) is 23.3. The highest BCUT2D eigenvalue weighted by atomic mass is 35.5. The first-order valence-corrected chi connectivity index (χ1v) is 19.4. The standard InChI is InChI=1S/C37H48ClFN4O5S/c1-36(2)35(44)40-49(45,46)29-10-13-34-32(19-29)43(23-37(24-48-34)14-4-6-25-18-27(38)9-12-31(25)37)20-26-8-11-30(26)33(7-5-15-41(36)3)47-17-16-42-21-28(39)22-42/h5,7,9-10,12-13,18-19,26,28,30,33H,4,6,8,11,14-17,20-24H2,1-3H3,(H,40,44)/t26-,30+,33-,37-/m0/s1. The Morgan fingerprint density at radius 3 is 2.69 bits per heavy atom. The number of hydrogen-bond acceptors (Lipinski definition) is 8. The molecule has 1 saturated carbocycles. The molecule has 1 amide bonds. The van der Waals surface area contributed by atoms with E-state index in [-0.39, 0.29) is 22.3 Å². The van der Waals surface area contributed by atoms with Gasteiger partial charge >= 0.3 is 0 Å². The molecule has 0 aromatic heterocycles. The smallest absolute Gasteiger partial charge is 0.264 e. The maximum atomic E-state index is 13.7. The highest BCUT2D eigenvalue weighted by Gasteiger charge is 2.45. The minimum absolute atomic E-state index is 0.0262. The van der Waals surface area contributed by atoms with Crippen LogP contribution in [0.3, 0.4) is 0 Å². The molecule has 3 aliphatic heterocycles. The fraction of sp³-hybridized carbons (Fsp3) is 0.595. The molecular formula is C37H48ClFN4O5S. The number of halogens is 2. The Kier molecular flexibility index (Phi) is 9.53. The fourth-order valence-corrected chi connectivity index (χ4v) is 9.51. The molecule has 2 aromatic carbocycles. The van der Waals surface area contributed by atoms with Gasteiger partial charge in [-0.15, -0.1) is 0 Å². The number of hydrogen-bond donors (Lipinski definition) is 1. The van der Waals surface area contributed by atoms with Crippen LogP contribution in [0.1, 0.15) is 50.7 Å². The molecule has 0 radical (unpaired) electrons. The van der Waals surface area contributed by atoms with Gasteiger partial charge < -0.3 is 14.4 Å². The van der Waals surface area contributed by atoms with Crippen LogP contribution in [0.5, 0.6) is 5.75 Å². The molecule has 5 aliphatic rings. The maximum absolute atomic E-state index is 13.7. The molecule has 3 heterocycles. The van der Waals surface area contributed by atoms with E-state index < -0.39 is 27.6 Å². The number of sulfonamides is 1. The number of benzene rings is 2. The number of rotatable bonds is 4. The number of nitrogens with zero attached hydrogens (tertiary/aromatic N) is 3. The second-order valence-electron chi connectivity index (χ2n) is 15.2. The Hall–Kier alpha value is -2.70. The number of carbonyl (C=O) groups excluding carboxylic acids is 1. The Morgan fingerprint density at radius 2 is 1.94 bits per heavy atom. The number of nitrogens with one attached hydrogen (secondary N) is 1. The Morgan fingerprint density at radius 1 is 1.12 bits per heavy atom. The largest absolute Gasteiger partial charge is 0.490 e. The lowest BCUT2D eigenvalue weighted by atomic mass is 9.68. The molecule has 49 heavy (non-hydrogen) atoms. The summed E-state index contributed by atoms with van der Waals surface area (Å²) in [5, 5.41) is 0.722. The van der Waals surface area contributed by atoms with E-state index in [4.69, 9.17) is 21.1 Å². The summed E-state index contributed by atoms with van der Waals surface area (Å²) in [5.74, 6) is 0.576. The summed E-state index contributed by atoms with van der Waals surface area (Å²) in [7, 11) is -2.37. The number of carbonyl (C=O) groups is 1. The monoisotopic (exact) mass is 714 g/mol. The number of ether oxygens (including phenoxy) is 2. The molecule has 2 bridgehead atoms. The summed E-state index contributed by atoms with van der Waals surface area (Å²) >= 11 is 6.44. The van der Waals surface area contributed by atoms with Crippen molar-refractivity contribution < 1.29 is 27.1 Å². The Labute approximate surface area is 294 Å². The van der Waals surface area contributed by atoms with Gasteiger partial charge in [0.2, 0.25) is 0 Å². The van der Waals surface area contributed by atoms with Crippen molar-refractivity contribution >= 4 is 33.2 Å². The SMILES string of the molecule is CN1CC=C[C@H](OCCN2CC(F)C2)[C@@H]2CC[C@H]2CN2C[C@@]3(CCCc4cc(Cl)ccc43)COc3ccc(cc32)S(=O)(=O)NC(=O)C1(C)C. The molecule has 1 N–H and O–H groups in total. The molecule has 2 aliphatic carbocycles.